The summed E-state index contributed by atoms with van der Waals surface area (Å²) in [5, 5.41) is 4.58. The van der Waals surface area contributed by atoms with Crippen molar-refractivity contribution >= 4 is 23.2 Å². The fourth-order valence-corrected chi connectivity index (χ4v) is 2.07. The van der Waals surface area contributed by atoms with Crippen LogP contribution >= 0.6 is 23.2 Å². The van der Waals surface area contributed by atoms with Gasteiger partial charge < -0.3 is 14.8 Å². The van der Waals surface area contributed by atoms with Gasteiger partial charge in [-0.3, -0.25) is 0 Å². The molecule has 1 rings (SSSR count). The van der Waals surface area contributed by atoms with Gasteiger partial charge in [-0.15, -0.1) is 0 Å². The molecule has 0 heterocycles. The Hall–Kier alpha value is -0.320. The van der Waals surface area contributed by atoms with Crippen molar-refractivity contribution < 1.29 is 9.47 Å². The van der Waals surface area contributed by atoms with E-state index < -0.39 is 0 Å². The zero-order valence-electron chi connectivity index (χ0n) is 10.2. The van der Waals surface area contributed by atoms with Crippen LogP contribution in [0.5, 0.6) is 0 Å². The summed E-state index contributed by atoms with van der Waals surface area (Å²) >= 11 is 12.0. The standard InChI is InChI=1S/C12H17Cl2NO2/c1-8(15-7-12(16-2)17-3)10-5-4-9(13)6-11(10)14/h4-6,8,12,15H,7H2,1-3H3. The predicted molar refractivity (Wildman–Crippen MR) is 70.7 cm³/mol. The van der Waals surface area contributed by atoms with Gasteiger partial charge in [-0.1, -0.05) is 29.3 Å². The average Bonchev–Trinajstić information content (AvgIpc) is 2.30. The van der Waals surface area contributed by atoms with Crippen LogP contribution < -0.4 is 5.32 Å². The smallest absolute Gasteiger partial charge is 0.169 e. The second kappa shape index (κ2) is 7.19. The van der Waals surface area contributed by atoms with Gasteiger partial charge in [0.15, 0.2) is 6.29 Å². The molecule has 0 saturated heterocycles. The van der Waals surface area contributed by atoms with Crippen LogP contribution in [0, 0.1) is 0 Å². The molecule has 0 aromatic heterocycles. The zero-order valence-corrected chi connectivity index (χ0v) is 11.7. The molecule has 0 aliphatic carbocycles. The highest BCUT2D eigenvalue weighted by Gasteiger charge is 2.12. The molecule has 0 spiro atoms. The van der Waals surface area contributed by atoms with E-state index in [4.69, 9.17) is 32.7 Å². The molecule has 96 valence electrons. The van der Waals surface area contributed by atoms with Gasteiger partial charge in [-0.2, -0.15) is 0 Å². The topological polar surface area (TPSA) is 30.5 Å². The van der Waals surface area contributed by atoms with Gasteiger partial charge in [0, 0.05) is 36.9 Å². The quantitative estimate of drug-likeness (QED) is 0.810. The van der Waals surface area contributed by atoms with Gasteiger partial charge >= 0.3 is 0 Å². The third kappa shape index (κ3) is 4.45. The minimum atomic E-state index is -0.261. The van der Waals surface area contributed by atoms with E-state index in [1.165, 1.54) is 0 Å². The molecule has 1 unspecified atom stereocenters. The molecule has 0 aliphatic rings. The van der Waals surface area contributed by atoms with E-state index in [1.54, 1.807) is 20.3 Å². The van der Waals surface area contributed by atoms with Crippen molar-refractivity contribution in [3.63, 3.8) is 0 Å². The number of methoxy groups -OCH3 is 2. The maximum absolute atomic E-state index is 6.12. The molecule has 0 fully saturated rings. The minimum absolute atomic E-state index is 0.104. The van der Waals surface area contributed by atoms with Crippen LogP contribution in [0.25, 0.3) is 0 Å². The number of ether oxygens (including phenoxy) is 2. The molecule has 1 atom stereocenters. The summed E-state index contributed by atoms with van der Waals surface area (Å²) in [5.41, 5.74) is 1.00. The Kier molecular flexibility index (Phi) is 6.23. The van der Waals surface area contributed by atoms with E-state index in [9.17, 15) is 0 Å². The molecular weight excluding hydrogens is 261 g/mol. The van der Waals surface area contributed by atoms with Gasteiger partial charge in [0.2, 0.25) is 0 Å². The lowest BCUT2D eigenvalue weighted by molar-refractivity contribution is -0.0997. The summed E-state index contributed by atoms with van der Waals surface area (Å²) in [7, 11) is 3.21. The van der Waals surface area contributed by atoms with Crippen molar-refractivity contribution in [1.82, 2.24) is 5.32 Å². The average molecular weight is 278 g/mol. The summed E-state index contributed by atoms with van der Waals surface area (Å²) in [4.78, 5) is 0. The van der Waals surface area contributed by atoms with Crippen LogP contribution in [0.15, 0.2) is 18.2 Å². The number of nitrogens with one attached hydrogen (secondary N) is 1. The Morgan fingerprint density at radius 1 is 1.24 bits per heavy atom. The normalized spacial score (nSPS) is 13.1. The third-order valence-corrected chi connectivity index (χ3v) is 3.11. The molecule has 0 bridgehead atoms. The first-order valence-corrected chi connectivity index (χ1v) is 6.08. The monoisotopic (exact) mass is 277 g/mol. The van der Waals surface area contributed by atoms with Gasteiger partial charge in [0.25, 0.3) is 0 Å². The Bertz CT molecular complexity index is 356. The maximum atomic E-state index is 6.12. The summed E-state index contributed by atoms with van der Waals surface area (Å²) in [5.74, 6) is 0. The van der Waals surface area contributed by atoms with Crippen LogP contribution in [0.1, 0.15) is 18.5 Å². The molecule has 5 heteroatoms. The Morgan fingerprint density at radius 3 is 2.41 bits per heavy atom. The van der Waals surface area contributed by atoms with E-state index in [2.05, 4.69) is 5.32 Å². The first-order chi connectivity index (χ1) is 8.08. The lowest BCUT2D eigenvalue weighted by atomic mass is 10.1. The van der Waals surface area contributed by atoms with Gasteiger partial charge in [0.05, 0.1) is 0 Å². The highest BCUT2D eigenvalue weighted by atomic mass is 35.5. The third-order valence-electron chi connectivity index (χ3n) is 2.55. The Balaban J connectivity index is 2.60. The second-order valence-electron chi connectivity index (χ2n) is 3.70. The van der Waals surface area contributed by atoms with Crippen LogP contribution in [0.2, 0.25) is 10.0 Å². The molecular formula is C12H17Cl2NO2. The lowest BCUT2D eigenvalue weighted by Crippen LogP contribution is -2.31. The largest absolute Gasteiger partial charge is 0.355 e. The van der Waals surface area contributed by atoms with Crippen molar-refractivity contribution in [2.24, 2.45) is 0 Å². The zero-order chi connectivity index (χ0) is 12.8. The van der Waals surface area contributed by atoms with Crippen molar-refractivity contribution in [3.05, 3.63) is 33.8 Å². The molecule has 0 amide bonds. The van der Waals surface area contributed by atoms with Crippen molar-refractivity contribution in [1.29, 1.82) is 0 Å². The molecule has 1 aromatic rings. The second-order valence-corrected chi connectivity index (χ2v) is 4.54. The fourth-order valence-electron chi connectivity index (χ4n) is 1.50. The summed E-state index contributed by atoms with van der Waals surface area (Å²) in [6.45, 7) is 2.62. The highest BCUT2D eigenvalue weighted by molar-refractivity contribution is 6.35. The molecule has 0 radical (unpaired) electrons. The van der Waals surface area contributed by atoms with Gasteiger partial charge in [0.1, 0.15) is 0 Å². The SMILES string of the molecule is COC(CNC(C)c1ccc(Cl)cc1Cl)OC. The van der Waals surface area contributed by atoms with Crippen molar-refractivity contribution in [2.45, 2.75) is 19.3 Å². The molecule has 0 aliphatic heterocycles. The van der Waals surface area contributed by atoms with Crippen LogP contribution in [-0.4, -0.2) is 27.1 Å². The molecule has 3 nitrogen and oxygen atoms in total. The number of benzene rings is 1. The number of rotatable bonds is 6. The van der Waals surface area contributed by atoms with Gasteiger partial charge in [-0.05, 0) is 24.6 Å². The highest BCUT2D eigenvalue weighted by Crippen LogP contribution is 2.25. The first-order valence-electron chi connectivity index (χ1n) is 5.32. The van der Waals surface area contributed by atoms with E-state index in [0.29, 0.717) is 16.6 Å². The minimum Gasteiger partial charge on any atom is -0.355 e. The molecule has 17 heavy (non-hydrogen) atoms. The van der Waals surface area contributed by atoms with Crippen molar-refractivity contribution in [3.8, 4) is 0 Å². The lowest BCUT2D eigenvalue weighted by Gasteiger charge is -2.19. The van der Waals surface area contributed by atoms with E-state index in [-0.39, 0.29) is 12.3 Å². The maximum Gasteiger partial charge on any atom is 0.169 e. The molecule has 0 saturated carbocycles. The fraction of sp³-hybridized carbons (Fsp3) is 0.500. The van der Waals surface area contributed by atoms with Crippen LogP contribution in [0.4, 0.5) is 0 Å². The number of hydrogen-bond acceptors (Lipinski definition) is 3. The van der Waals surface area contributed by atoms with E-state index >= 15 is 0 Å². The Labute approximate surface area is 112 Å². The van der Waals surface area contributed by atoms with E-state index in [1.807, 2.05) is 19.1 Å². The van der Waals surface area contributed by atoms with Crippen LogP contribution in [-0.2, 0) is 9.47 Å². The van der Waals surface area contributed by atoms with Crippen molar-refractivity contribution in [2.75, 3.05) is 20.8 Å². The molecule has 1 N–H and O–H groups in total. The summed E-state index contributed by atoms with van der Waals surface area (Å²) in [6.07, 6.45) is -0.261. The Morgan fingerprint density at radius 2 is 1.88 bits per heavy atom. The first kappa shape index (κ1) is 14.7. The predicted octanol–water partition coefficient (Wildman–Crippen LogP) is 3.26. The summed E-state index contributed by atoms with van der Waals surface area (Å²) in [6, 6.07) is 5.58. The number of hydrogen-bond donors (Lipinski definition) is 1. The molecule has 1 aromatic carbocycles. The summed E-state index contributed by atoms with van der Waals surface area (Å²) < 4.78 is 10.2. The van der Waals surface area contributed by atoms with Gasteiger partial charge in [-0.25, -0.2) is 0 Å². The number of halogens is 2. The van der Waals surface area contributed by atoms with Crippen LogP contribution in [0.3, 0.4) is 0 Å². The van der Waals surface area contributed by atoms with E-state index in [0.717, 1.165) is 5.56 Å².